The Morgan fingerprint density at radius 2 is 2.05 bits per heavy atom. The molecule has 1 aromatic heterocycles. The van der Waals surface area contributed by atoms with E-state index in [4.69, 9.17) is 18.0 Å². The molecule has 1 fully saturated rings. The number of thiocarbonyl (C=S) groups is 1. The molecule has 1 saturated carbocycles. The van der Waals surface area contributed by atoms with Crippen molar-refractivity contribution in [2.45, 2.75) is 37.8 Å². The van der Waals surface area contributed by atoms with Gasteiger partial charge in [0.05, 0.1) is 6.10 Å². The minimum Gasteiger partial charge on any atom is -0.393 e. The van der Waals surface area contributed by atoms with E-state index < -0.39 is 0 Å². The number of rotatable bonds is 3. The molecule has 0 aliphatic heterocycles. The van der Waals surface area contributed by atoms with Gasteiger partial charge in [0.15, 0.2) is 0 Å². The van der Waals surface area contributed by atoms with Crippen LogP contribution >= 0.6 is 12.2 Å². The van der Waals surface area contributed by atoms with Crippen LogP contribution in [0.25, 0.3) is 0 Å². The van der Waals surface area contributed by atoms with Crippen molar-refractivity contribution in [2.24, 2.45) is 5.73 Å². The molecule has 2 rings (SSSR count). The number of aliphatic hydroxyl groups excluding tert-OH is 1. The highest BCUT2D eigenvalue weighted by Gasteiger charge is 2.21. The van der Waals surface area contributed by atoms with Crippen LogP contribution in [0.4, 0.5) is 0 Å². The van der Waals surface area contributed by atoms with Crippen LogP contribution < -0.4 is 11.1 Å². The summed E-state index contributed by atoms with van der Waals surface area (Å²) in [5.74, 6) is -0.198. The van der Waals surface area contributed by atoms with Crippen molar-refractivity contribution in [3.05, 3.63) is 29.6 Å². The molecule has 1 aromatic rings. The Hall–Kier alpha value is -1.53. The SMILES string of the molecule is NC(=S)c1ccc(C(=O)NC2CCC(O)CC2)nc1. The number of nitrogens with two attached hydrogens (primary N) is 1. The fraction of sp³-hybridized carbons (Fsp3) is 0.462. The lowest BCUT2D eigenvalue weighted by Gasteiger charge is -2.26. The zero-order valence-corrected chi connectivity index (χ0v) is 11.3. The van der Waals surface area contributed by atoms with Gasteiger partial charge in [0.1, 0.15) is 10.7 Å². The number of pyridine rings is 1. The van der Waals surface area contributed by atoms with Crippen molar-refractivity contribution < 1.29 is 9.90 Å². The number of hydrogen-bond acceptors (Lipinski definition) is 4. The molecule has 0 unspecified atom stereocenters. The van der Waals surface area contributed by atoms with Crippen LogP contribution in [0, 0.1) is 0 Å². The Morgan fingerprint density at radius 3 is 2.58 bits per heavy atom. The monoisotopic (exact) mass is 279 g/mol. The van der Waals surface area contributed by atoms with Crippen molar-refractivity contribution in [3.63, 3.8) is 0 Å². The van der Waals surface area contributed by atoms with Crippen molar-refractivity contribution in [1.29, 1.82) is 0 Å². The Bertz CT molecular complexity index is 467. The highest BCUT2D eigenvalue weighted by atomic mass is 32.1. The second kappa shape index (κ2) is 6.08. The van der Waals surface area contributed by atoms with Crippen LogP contribution in [-0.4, -0.2) is 33.1 Å². The van der Waals surface area contributed by atoms with Gasteiger partial charge in [-0.25, -0.2) is 0 Å². The second-order valence-corrected chi connectivity index (χ2v) is 5.22. The summed E-state index contributed by atoms with van der Waals surface area (Å²) in [6, 6.07) is 3.42. The fourth-order valence-corrected chi connectivity index (χ4v) is 2.27. The maximum absolute atomic E-state index is 12.0. The molecule has 1 amide bonds. The van der Waals surface area contributed by atoms with Gasteiger partial charge >= 0.3 is 0 Å². The molecular formula is C13H17N3O2S. The summed E-state index contributed by atoms with van der Waals surface area (Å²) >= 11 is 4.83. The van der Waals surface area contributed by atoms with Crippen LogP contribution in [0.15, 0.2) is 18.3 Å². The van der Waals surface area contributed by atoms with E-state index >= 15 is 0 Å². The Labute approximate surface area is 117 Å². The van der Waals surface area contributed by atoms with Crippen LogP contribution in [0.3, 0.4) is 0 Å². The van der Waals surface area contributed by atoms with Crippen LogP contribution in [-0.2, 0) is 0 Å². The van der Waals surface area contributed by atoms with Gasteiger partial charge in [-0.15, -0.1) is 0 Å². The number of amides is 1. The number of nitrogens with zero attached hydrogens (tertiary/aromatic N) is 1. The number of aromatic nitrogens is 1. The van der Waals surface area contributed by atoms with Crippen molar-refractivity contribution in [3.8, 4) is 0 Å². The lowest BCUT2D eigenvalue weighted by molar-refractivity contribution is 0.0863. The van der Waals surface area contributed by atoms with E-state index in [0.29, 0.717) is 11.3 Å². The fourth-order valence-electron chi connectivity index (χ4n) is 2.15. The topological polar surface area (TPSA) is 88.2 Å². The molecule has 5 nitrogen and oxygen atoms in total. The van der Waals surface area contributed by atoms with Gasteiger partial charge in [0, 0.05) is 17.8 Å². The molecule has 0 bridgehead atoms. The summed E-state index contributed by atoms with van der Waals surface area (Å²) in [5, 5.41) is 12.3. The normalized spacial score (nSPS) is 22.8. The summed E-state index contributed by atoms with van der Waals surface area (Å²) in [7, 11) is 0. The van der Waals surface area contributed by atoms with E-state index in [1.165, 1.54) is 6.20 Å². The second-order valence-electron chi connectivity index (χ2n) is 4.78. The van der Waals surface area contributed by atoms with E-state index in [2.05, 4.69) is 10.3 Å². The van der Waals surface area contributed by atoms with Crippen LogP contribution in [0.2, 0.25) is 0 Å². The number of aliphatic hydroxyl groups is 1. The molecule has 0 aromatic carbocycles. The molecule has 19 heavy (non-hydrogen) atoms. The number of hydrogen-bond donors (Lipinski definition) is 3. The summed E-state index contributed by atoms with van der Waals surface area (Å²) in [5.41, 5.74) is 6.47. The number of carbonyl (C=O) groups excluding carboxylic acids is 1. The maximum Gasteiger partial charge on any atom is 0.270 e. The number of carbonyl (C=O) groups is 1. The molecule has 0 atom stereocenters. The van der Waals surface area contributed by atoms with Gasteiger partial charge in [-0.2, -0.15) is 0 Å². The Balaban J connectivity index is 1.94. The van der Waals surface area contributed by atoms with Gasteiger partial charge in [0.2, 0.25) is 0 Å². The minimum absolute atomic E-state index is 0.118. The molecule has 0 radical (unpaired) electrons. The molecule has 1 aliphatic carbocycles. The Kier molecular flexibility index (Phi) is 4.44. The molecule has 1 heterocycles. The molecule has 0 spiro atoms. The standard InChI is InChI=1S/C13H17N3O2S/c14-12(19)8-1-6-11(15-7-8)13(18)16-9-2-4-10(17)5-3-9/h1,6-7,9-10,17H,2-5H2,(H2,14,19)(H,16,18). The molecular weight excluding hydrogens is 262 g/mol. The third-order valence-electron chi connectivity index (χ3n) is 3.31. The first-order valence-corrected chi connectivity index (χ1v) is 6.72. The van der Waals surface area contributed by atoms with E-state index in [0.717, 1.165) is 25.7 Å². The highest BCUT2D eigenvalue weighted by Crippen LogP contribution is 2.18. The maximum atomic E-state index is 12.0. The zero-order valence-electron chi connectivity index (χ0n) is 10.5. The summed E-state index contributed by atoms with van der Waals surface area (Å²) in [6.07, 6.45) is 4.35. The van der Waals surface area contributed by atoms with Gasteiger partial charge in [-0.3, -0.25) is 9.78 Å². The predicted octanol–water partition coefficient (Wildman–Crippen LogP) is 0.749. The average Bonchev–Trinajstić information content (AvgIpc) is 2.41. The Morgan fingerprint density at radius 1 is 1.37 bits per heavy atom. The molecule has 102 valence electrons. The van der Waals surface area contributed by atoms with Gasteiger partial charge < -0.3 is 16.2 Å². The quantitative estimate of drug-likeness (QED) is 0.711. The third-order valence-corrected chi connectivity index (χ3v) is 3.55. The first-order valence-electron chi connectivity index (χ1n) is 6.31. The van der Waals surface area contributed by atoms with E-state index in [-0.39, 0.29) is 23.0 Å². The van der Waals surface area contributed by atoms with E-state index in [1.807, 2.05) is 0 Å². The van der Waals surface area contributed by atoms with E-state index in [1.54, 1.807) is 12.1 Å². The summed E-state index contributed by atoms with van der Waals surface area (Å²) in [4.78, 5) is 16.3. The van der Waals surface area contributed by atoms with Crippen LogP contribution in [0.1, 0.15) is 41.7 Å². The van der Waals surface area contributed by atoms with Crippen molar-refractivity contribution in [2.75, 3.05) is 0 Å². The van der Waals surface area contributed by atoms with Crippen LogP contribution in [0.5, 0.6) is 0 Å². The number of nitrogens with one attached hydrogen (secondary N) is 1. The summed E-state index contributed by atoms with van der Waals surface area (Å²) in [6.45, 7) is 0. The van der Waals surface area contributed by atoms with Gasteiger partial charge in [0.25, 0.3) is 5.91 Å². The first kappa shape index (κ1) is 13.9. The first-order chi connectivity index (χ1) is 9.06. The molecule has 4 N–H and O–H groups in total. The lowest BCUT2D eigenvalue weighted by atomic mass is 9.93. The van der Waals surface area contributed by atoms with Gasteiger partial charge in [-0.1, -0.05) is 12.2 Å². The van der Waals surface area contributed by atoms with Crippen molar-refractivity contribution in [1.82, 2.24) is 10.3 Å². The average molecular weight is 279 g/mol. The predicted molar refractivity (Wildman–Crippen MR) is 75.9 cm³/mol. The lowest BCUT2D eigenvalue weighted by Crippen LogP contribution is -2.38. The molecule has 1 aliphatic rings. The van der Waals surface area contributed by atoms with Crippen molar-refractivity contribution >= 4 is 23.1 Å². The zero-order chi connectivity index (χ0) is 13.8. The minimum atomic E-state index is -0.226. The van der Waals surface area contributed by atoms with E-state index in [9.17, 15) is 9.90 Å². The molecule has 0 saturated heterocycles. The summed E-state index contributed by atoms with van der Waals surface area (Å²) < 4.78 is 0. The molecule has 6 heteroatoms. The smallest absolute Gasteiger partial charge is 0.270 e. The van der Waals surface area contributed by atoms with Gasteiger partial charge in [-0.05, 0) is 37.8 Å². The third kappa shape index (κ3) is 3.71. The highest BCUT2D eigenvalue weighted by molar-refractivity contribution is 7.80. The largest absolute Gasteiger partial charge is 0.393 e.